The first-order valence-corrected chi connectivity index (χ1v) is 7.88. The molecule has 0 heterocycles. The maximum Gasteiger partial charge on any atom is 0.0765 e. The largest absolute Gasteiger partial charge is 0.391 e. The minimum absolute atomic E-state index is 0.244. The van der Waals surface area contributed by atoms with Gasteiger partial charge < -0.3 is 5.11 Å². The van der Waals surface area contributed by atoms with Crippen molar-refractivity contribution in [3.8, 4) is 0 Å². The van der Waals surface area contributed by atoms with E-state index in [1.807, 2.05) is 7.05 Å². The van der Waals surface area contributed by atoms with Crippen molar-refractivity contribution in [2.45, 2.75) is 11.0 Å². The van der Waals surface area contributed by atoms with Gasteiger partial charge in [-0.1, -0.05) is 22.6 Å². The Labute approximate surface area is 122 Å². The van der Waals surface area contributed by atoms with Gasteiger partial charge in [-0.15, -0.1) is 0 Å². The first kappa shape index (κ1) is 14.0. The number of likely N-dealkylation sites (N-methyl/N-ethyl adjacent to an activating group) is 1. The number of aliphatic hydroxyl groups excluding tert-OH is 1. The molecule has 0 saturated heterocycles. The molecule has 15 heavy (non-hydrogen) atoms. The van der Waals surface area contributed by atoms with Crippen molar-refractivity contribution in [1.82, 2.24) is 4.31 Å². The third-order valence-electron chi connectivity index (χ3n) is 1.72. The fourth-order valence-corrected chi connectivity index (χ4v) is 2.56. The number of nitrogens with zero attached hydrogens (tertiary/aromatic N) is 1. The van der Waals surface area contributed by atoms with Gasteiger partial charge in [0.2, 0.25) is 0 Å². The van der Waals surface area contributed by atoms with Crippen molar-refractivity contribution in [2.75, 3.05) is 18.0 Å². The summed E-state index contributed by atoms with van der Waals surface area (Å²) in [5, 5.41) is 9.49. The highest BCUT2D eigenvalue weighted by atomic mass is 127. The van der Waals surface area contributed by atoms with E-state index in [-0.39, 0.29) is 6.10 Å². The lowest BCUT2D eigenvalue weighted by Crippen LogP contribution is -2.25. The van der Waals surface area contributed by atoms with Crippen LogP contribution < -0.4 is 0 Å². The van der Waals surface area contributed by atoms with Crippen LogP contribution in [-0.4, -0.2) is 33.5 Å². The van der Waals surface area contributed by atoms with Gasteiger partial charge in [0.15, 0.2) is 0 Å². The lowest BCUT2D eigenvalue weighted by atomic mass is 10.4. The zero-order valence-electron chi connectivity index (χ0n) is 8.36. The molecule has 0 radical (unpaired) electrons. The Morgan fingerprint density at radius 1 is 1.40 bits per heavy atom. The number of benzene rings is 1. The van der Waals surface area contributed by atoms with Crippen LogP contribution in [0.2, 0.25) is 0 Å². The van der Waals surface area contributed by atoms with Crippen molar-refractivity contribution in [2.24, 2.45) is 0 Å². The zero-order chi connectivity index (χ0) is 11.3. The fourth-order valence-electron chi connectivity index (χ4n) is 1.06. The molecule has 0 fully saturated rings. The molecule has 0 aliphatic rings. The van der Waals surface area contributed by atoms with E-state index in [9.17, 15) is 5.11 Å². The highest BCUT2D eigenvalue weighted by Crippen LogP contribution is 2.22. The smallest absolute Gasteiger partial charge is 0.0765 e. The molecule has 0 aliphatic heterocycles. The molecular weight excluding hydrogens is 436 g/mol. The molecule has 0 aromatic heterocycles. The minimum atomic E-state index is -0.244. The van der Waals surface area contributed by atoms with Gasteiger partial charge in [-0.2, -0.15) is 0 Å². The molecule has 0 aliphatic carbocycles. The number of halogens is 2. The van der Waals surface area contributed by atoms with Crippen molar-refractivity contribution in [1.29, 1.82) is 0 Å². The van der Waals surface area contributed by atoms with Crippen molar-refractivity contribution in [3.63, 3.8) is 0 Å². The highest BCUT2D eigenvalue weighted by molar-refractivity contribution is 14.1. The summed E-state index contributed by atoms with van der Waals surface area (Å²) >= 11 is 6.15. The van der Waals surface area contributed by atoms with Gasteiger partial charge in [0.25, 0.3) is 0 Å². The minimum Gasteiger partial charge on any atom is -0.391 e. The Morgan fingerprint density at radius 2 is 2.00 bits per heavy atom. The van der Waals surface area contributed by atoms with E-state index in [4.69, 9.17) is 0 Å². The van der Waals surface area contributed by atoms with Crippen LogP contribution in [0.3, 0.4) is 0 Å². The lowest BCUT2D eigenvalue weighted by molar-refractivity contribution is 0.182. The van der Waals surface area contributed by atoms with Crippen LogP contribution in [0.15, 0.2) is 29.2 Å². The van der Waals surface area contributed by atoms with Gasteiger partial charge in [-0.05, 0) is 65.9 Å². The Hall–Kier alpha value is 0.950. The van der Waals surface area contributed by atoms with Crippen LogP contribution in [0.1, 0.15) is 0 Å². The number of rotatable bonds is 5. The topological polar surface area (TPSA) is 23.5 Å². The van der Waals surface area contributed by atoms with Gasteiger partial charge in [-0.25, -0.2) is 4.31 Å². The third-order valence-corrected chi connectivity index (χ3v) is 4.40. The molecule has 1 unspecified atom stereocenters. The summed E-state index contributed by atoms with van der Waals surface area (Å²) in [7, 11) is 2.00. The van der Waals surface area contributed by atoms with Gasteiger partial charge in [0.05, 0.1) is 6.10 Å². The summed E-state index contributed by atoms with van der Waals surface area (Å²) in [5.74, 6) is 0. The average Bonchev–Trinajstić information content (AvgIpc) is 2.21. The first-order valence-electron chi connectivity index (χ1n) is 4.50. The van der Waals surface area contributed by atoms with Crippen LogP contribution in [0.5, 0.6) is 0 Å². The molecule has 1 N–H and O–H groups in total. The Kier molecular flexibility index (Phi) is 6.83. The molecule has 5 heteroatoms. The number of hydrogen-bond acceptors (Lipinski definition) is 3. The monoisotopic (exact) mass is 449 g/mol. The molecule has 0 spiro atoms. The second kappa shape index (κ2) is 7.31. The maximum absolute atomic E-state index is 9.49. The maximum atomic E-state index is 9.49. The van der Waals surface area contributed by atoms with Crippen LogP contribution in [0, 0.1) is 3.57 Å². The van der Waals surface area contributed by atoms with Crippen molar-refractivity contribution >= 4 is 57.1 Å². The van der Waals surface area contributed by atoms with Crippen LogP contribution in [0.4, 0.5) is 0 Å². The summed E-state index contributed by atoms with van der Waals surface area (Å²) in [6, 6.07) is 8.37. The highest BCUT2D eigenvalue weighted by Gasteiger charge is 2.07. The molecule has 2 nitrogen and oxygen atoms in total. The van der Waals surface area contributed by atoms with Crippen LogP contribution in [-0.2, 0) is 0 Å². The lowest BCUT2D eigenvalue weighted by Gasteiger charge is -2.18. The van der Waals surface area contributed by atoms with E-state index in [0.717, 1.165) is 4.43 Å². The predicted octanol–water partition coefficient (Wildman–Crippen LogP) is 3.03. The summed E-state index contributed by atoms with van der Waals surface area (Å²) < 4.78 is 4.08. The summed E-state index contributed by atoms with van der Waals surface area (Å²) in [6.45, 7) is 0.694. The first-order chi connectivity index (χ1) is 7.11. The molecule has 84 valence electrons. The van der Waals surface area contributed by atoms with E-state index < -0.39 is 0 Å². The fraction of sp³-hybridized carbons (Fsp3) is 0.400. The Morgan fingerprint density at radius 3 is 2.53 bits per heavy atom. The van der Waals surface area contributed by atoms with Gasteiger partial charge in [0.1, 0.15) is 0 Å². The molecule has 1 atom stereocenters. The SMILES string of the molecule is CN(CC(O)CI)Sc1ccc(I)cc1. The summed E-state index contributed by atoms with van der Waals surface area (Å²) in [5.41, 5.74) is 0. The Bertz CT molecular complexity index is 294. The summed E-state index contributed by atoms with van der Waals surface area (Å²) in [6.07, 6.45) is -0.244. The van der Waals surface area contributed by atoms with E-state index in [0.29, 0.717) is 6.54 Å². The third kappa shape index (κ3) is 5.71. The van der Waals surface area contributed by atoms with Crippen molar-refractivity contribution < 1.29 is 5.11 Å². The normalized spacial score (nSPS) is 13.1. The molecule has 1 aromatic carbocycles. The average molecular weight is 449 g/mol. The van der Waals surface area contributed by atoms with Crippen LogP contribution in [0.25, 0.3) is 0 Å². The molecular formula is C10H13I2NOS. The number of hydrogen-bond donors (Lipinski definition) is 1. The second-order valence-electron chi connectivity index (χ2n) is 3.16. The second-order valence-corrected chi connectivity index (χ2v) is 6.57. The molecule has 1 rings (SSSR count). The molecule has 0 bridgehead atoms. The van der Waals surface area contributed by atoms with E-state index in [1.165, 1.54) is 8.47 Å². The van der Waals surface area contributed by atoms with E-state index in [1.54, 1.807) is 11.9 Å². The molecule has 0 amide bonds. The predicted molar refractivity (Wildman–Crippen MR) is 82.5 cm³/mol. The Balaban J connectivity index is 2.44. The van der Waals surface area contributed by atoms with Gasteiger partial charge >= 0.3 is 0 Å². The molecule has 0 saturated carbocycles. The van der Waals surface area contributed by atoms with Crippen molar-refractivity contribution in [3.05, 3.63) is 27.8 Å². The molecule has 1 aromatic rings. The van der Waals surface area contributed by atoms with E-state index in [2.05, 4.69) is 73.8 Å². The number of aliphatic hydroxyl groups is 1. The number of alkyl halides is 1. The quantitative estimate of drug-likeness (QED) is 0.425. The van der Waals surface area contributed by atoms with Gasteiger partial charge in [0, 0.05) is 19.4 Å². The van der Waals surface area contributed by atoms with E-state index >= 15 is 0 Å². The zero-order valence-corrected chi connectivity index (χ0v) is 13.5. The van der Waals surface area contributed by atoms with Crippen LogP contribution >= 0.6 is 57.1 Å². The standard InChI is InChI=1S/C10H13I2NOS/c1-13(7-9(14)6-11)15-10-4-2-8(12)3-5-10/h2-5,9,14H,6-7H2,1H3. The summed E-state index contributed by atoms with van der Waals surface area (Å²) in [4.78, 5) is 1.21. The van der Waals surface area contributed by atoms with Gasteiger partial charge in [-0.3, -0.25) is 0 Å².